The van der Waals surface area contributed by atoms with E-state index < -0.39 is 12.1 Å². The van der Waals surface area contributed by atoms with Crippen LogP contribution in [0.3, 0.4) is 0 Å². The minimum Gasteiger partial charge on any atom is -0.467 e. The Balaban J connectivity index is 1.56. The highest BCUT2D eigenvalue weighted by Gasteiger charge is 2.17. The second-order valence-corrected chi connectivity index (χ2v) is 5.22. The number of nitrogens with zero attached hydrogens (tertiary/aromatic N) is 3. The summed E-state index contributed by atoms with van der Waals surface area (Å²) in [7, 11) is 0. The molecule has 8 heteroatoms. The number of urea groups is 1. The molecule has 0 aliphatic rings. The van der Waals surface area contributed by atoms with Gasteiger partial charge in [0.05, 0.1) is 6.26 Å². The van der Waals surface area contributed by atoms with Crippen molar-refractivity contribution in [3.8, 4) is 0 Å². The van der Waals surface area contributed by atoms with Crippen LogP contribution in [0.1, 0.15) is 25.2 Å². The first kappa shape index (κ1) is 15.0. The van der Waals surface area contributed by atoms with Crippen LogP contribution in [0.15, 0.2) is 47.2 Å². The van der Waals surface area contributed by atoms with Gasteiger partial charge in [0.15, 0.2) is 5.65 Å². The maximum Gasteiger partial charge on any atom is 0.321 e. The molecule has 0 aliphatic heterocycles. The van der Waals surface area contributed by atoms with E-state index in [1.807, 2.05) is 12.1 Å². The van der Waals surface area contributed by atoms with Crippen molar-refractivity contribution < 1.29 is 14.3 Å². The maximum absolute atomic E-state index is 12.0. The minimum atomic E-state index is -0.769. The molecule has 0 saturated heterocycles. The van der Waals surface area contributed by atoms with Crippen LogP contribution in [-0.2, 0) is 0 Å². The monoisotopic (exact) mass is 315 g/mol. The van der Waals surface area contributed by atoms with Crippen LogP contribution >= 0.6 is 0 Å². The van der Waals surface area contributed by atoms with Gasteiger partial charge in [-0.1, -0.05) is 6.07 Å². The van der Waals surface area contributed by atoms with Crippen molar-refractivity contribution in [2.75, 3.05) is 5.32 Å². The third-order valence-corrected chi connectivity index (χ3v) is 3.36. The molecule has 0 spiro atoms. The summed E-state index contributed by atoms with van der Waals surface area (Å²) < 4.78 is 6.80. The number of carbonyl (C=O) groups excluding carboxylic acids is 1. The SMILES string of the molecule is CC(CC(O)c1ccco1)NC(=O)Nc1nnc2ccccn12. The molecule has 0 aliphatic carbocycles. The molecular formula is C15H17N5O3. The van der Waals surface area contributed by atoms with Gasteiger partial charge in [-0.25, -0.2) is 4.79 Å². The van der Waals surface area contributed by atoms with Gasteiger partial charge in [0.1, 0.15) is 11.9 Å². The molecule has 3 rings (SSSR count). The van der Waals surface area contributed by atoms with Crippen molar-refractivity contribution in [3.05, 3.63) is 48.6 Å². The van der Waals surface area contributed by atoms with Crippen molar-refractivity contribution in [2.45, 2.75) is 25.5 Å². The Hall–Kier alpha value is -2.87. The molecule has 2 unspecified atom stereocenters. The number of carbonyl (C=O) groups is 1. The molecule has 0 bridgehead atoms. The number of aromatic nitrogens is 3. The Labute approximate surface area is 132 Å². The molecule has 3 N–H and O–H groups in total. The molecule has 0 saturated carbocycles. The Bertz CT molecular complexity index is 783. The van der Waals surface area contributed by atoms with Crippen LogP contribution in [0.2, 0.25) is 0 Å². The summed E-state index contributed by atoms with van der Waals surface area (Å²) in [6.07, 6.45) is 2.82. The zero-order chi connectivity index (χ0) is 16.2. The number of furan rings is 1. The average Bonchev–Trinajstić information content (AvgIpc) is 3.17. The van der Waals surface area contributed by atoms with E-state index in [0.717, 1.165) is 0 Å². The van der Waals surface area contributed by atoms with Crippen molar-refractivity contribution in [3.63, 3.8) is 0 Å². The van der Waals surface area contributed by atoms with Gasteiger partial charge >= 0.3 is 6.03 Å². The summed E-state index contributed by atoms with van der Waals surface area (Å²) in [5.74, 6) is 0.805. The van der Waals surface area contributed by atoms with Crippen LogP contribution in [0.4, 0.5) is 10.7 Å². The van der Waals surface area contributed by atoms with E-state index in [2.05, 4.69) is 20.8 Å². The number of nitrogens with one attached hydrogen (secondary N) is 2. The first-order valence-corrected chi connectivity index (χ1v) is 7.22. The second-order valence-electron chi connectivity index (χ2n) is 5.22. The number of hydrogen-bond donors (Lipinski definition) is 3. The summed E-state index contributed by atoms with van der Waals surface area (Å²) in [6, 6.07) is 8.18. The molecule has 0 fully saturated rings. The summed E-state index contributed by atoms with van der Waals surface area (Å²) in [4.78, 5) is 12.0. The fourth-order valence-electron chi connectivity index (χ4n) is 2.28. The third kappa shape index (κ3) is 3.49. The Kier molecular flexibility index (Phi) is 4.24. The highest BCUT2D eigenvalue weighted by Crippen LogP contribution is 2.18. The van der Waals surface area contributed by atoms with Crippen molar-refractivity contribution in [1.29, 1.82) is 0 Å². The molecule has 0 aromatic carbocycles. The van der Waals surface area contributed by atoms with Gasteiger partial charge in [-0.15, -0.1) is 10.2 Å². The van der Waals surface area contributed by atoms with Gasteiger partial charge in [-0.2, -0.15) is 0 Å². The summed E-state index contributed by atoms with van der Waals surface area (Å²) in [5, 5.41) is 23.3. The van der Waals surface area contributed by atoms with Crippen molar-refractivity contribution >= 4 is 17.6 Å². The standard InChI is InChI=1S/C15H17N5O3/c1-10(9-11(21)12-5-4-8-23-12)16-15(22)17-14-19-18-13-6-2-3-7-20(13)14/h2-8,10-11,21H,9H2,1H3,(H2,16,17,19,22). The second kappa shape index (κ2) is 6.49. The third-order valence-electron chi connectivity index (χ3n) is 3.36. The zero-order valence-corrected chi connectivity index (χ0v) is 12.5. The molecule has 2 amide bonds. The van der Waals surface area contributed by atoms with E-state index in [1.54, 1.807) is 35.7 Å². The van der Waals surface area contributed by atoms with Gasteiger partial charge in [0, 0.05) is 18.7 Å². The highest BCUT2D eigenvalue weighted by molar-refractivity contribution is 5.87. The van der Waals surface area contributed by atoms with Crippen LogP contribution in [0.5, 0.6) is 0 Å². The lowest BCUT2D eigenvalue weighted by molar-refractivity contribution is 0.130. The smallest absolute Gasteiger partial charge is 0.321 e. The Morgan fingerprint density at radius 1 is 1.35 bits per heavy atom. The molecule has 3 aromatic rings. The number of aliphatic hydroxyl groups is 1. The molecule has 120 valence electrons. The minimum absolute atomic E-state index is 0.255. The molecular weight excluding hydrogens is 298 g/mol. The number of anilines is 1. The van der Waals surface area contributed by atoms with Crippen LogP contribution in [0, 0.1) is 0 Å². The van der Waals surface area contributed by atoms with Gasteiger partial charge in [-0.05, 0) is 31.2 Å². The van der Waals surface area contributed by atoms with Crippen LogP contribution in [-0.4, -0.2) is 31.8 Å². The van der Waals surface area contributed by atoms with E-state index in [1.165, 1.54) is 6.26 Å². The van der Waals surface area contributed by atoms with Gasteiger partial charge < -0.3 is 14.8 Å². The number of fused-ring (bicyclic) bond motifs is 1. The highest BCUT2D eigenvalue weighted by atomic mass is 16.4. The lowest BCUT2D eigenvalue weighted by Gasteiger charge is -2.16. The normalized spacial score (nSPS) is 13.7. The molecule has 3 aromatic heterocycles. The zero-order valence-electron chi connectivity index (χ0n) is 12.5. The first-order valence-electron chi connectivity index (χ1n) is 7.22. The Morgan fingerprint density at radius 2 is 2.22 bits per heavy atom. The van der Waals surface area contributed by atoms with Crippen molar-refractivity contribution in [2.24, 2.45) is 0 Å². The lowest BCUT2D eigenvalue weighted by Crippen LogP contribution is -2.37. The van der Waals surface area contributed by atoms with Crippen molar-refractivity contribution in [1.82, 2.24) is 19.9 Å². The number of aliphatic hydroxyl groups excluding tert-OH is 1. The number of amides is 2. The van der Waals surface area contributed by atoms with E-state index in [9.17, 15) is 9.90 Å². The fraction of sp³-hybridized carbons (Fsp3) is 0.267. The van der Waals surface area contributed by atoms with Gasteiger partial charge in [0.2, 0.25) is 5.95 Å². The summed E-state index contributed by atoms with van der Waals surface area (Å²) in [6.45, 7) is 1.80. The quantitative estimate of drug-likeness (QED) is 0.667. The van der Waals surface area contributed by atoms with E-state index in [0.29, 0.717) is 23.8 Å². The van der Waals surface area contributed by atoms with E-state index in [-0.39, 0.29) is 6.04 Å². The maximum atomic E-state index is 12.0. The van der Waals surface area contributed by atoms with Gasteiger partial charge in [0.25, 0.3) is 0 Å². The first-order chi connectivity index (χ1) is 11.1. The summed E-state index contributed by atoms with van der Waals surface area (Å²) >= 11 is 0. The molecule has 3 heterocycles. The molecule has 8 nitrogen and oxygen atoms in total. The number of rotatable bonds is 5. The number of hydrogen-bond acceptors (Lipinski definition) is 5. The van der Waals surface area contributed by atoms with E-state index in [4.69, 9.17) is 4.42 Å². The van der Waals surface area contributed by atoms with Crippen LogP contribution < -0.4 is 10.6 Å². The molecule has 0 radical (unpaired) electrons. The molecule has 2 atom stereocenters. The largest absolute Gasteiger partial charge is 0.467 e. The van der Waals surface area contributed by atoms with Gasteiger partial charge in [-0.3, -0.25) is 9.72 Å². The predicted molar refractivity (Wildman–Crippen MR) is 82.9 cm³/mol. The Morgan fingerprint density at radius 3 is 3.00 bits per heavy atom. The fourth-order valence-corrected chi connectivity index (χ4v) is 2.28. The summed E-state index contributed by atoms with van der Waals surface area (Å²) in [5.41, 5.74) is 0.643. The molecule has 23 heavy (non-hydrogen) atoms. The topological polar surface area (TPSA) is 105 Å². The number of pyridine rings is 1. The predicted octanol–water partition coefficient (Wildman–Crippen LogP) is 1.96. The van der Waals surface area contributed by atoms with Crippen LogP contribution in [0.25, 0.3) is 5.65 Å². The van der Waals surface area contributed by atoms with E-state index >= 15 is 0 Å². The lowest BCUT2D eigenvalue weighted by atomic mass is 10.1. The average molecular weight is 315 g/mol.